The molecule has 1 atom stereocenters. The van der Waals surface area contributed by atoms with Gasteiger partial charge >= 0.3 is 0 Å². The van der Waals surface area contributed by atoms with Gasteiger partial charge in [-0.05, 0) is 34.2 Å². The standard InChI is InChI=1S/C12H25N3S/c1-6-12(4)9-16-11(14-12)13-7-8-15(5)10(2)3/h10H,6-9H2,1-5H3,(H,13,14). The summed E-state index contributed by atoms with van der Waals surface area (Å²) in [5.41, 5.74) is 0.257. The predicted molar refractivity (Wildman–Crippen MR) is 74.4 cm³/mol. The minimum absolute atomic E-state index is 0.257. The Morgan fingerprint density at radius 3 is 2.75 bits per heavy atom. The molecule has 1 fully saturated rings. The summed E-state index contributed by atoms with van der Waals surface area (Å²) in [5.74, 6) is 1.14. The monoisotopic (exact) mass is 243 g/mol. The largest absolute Gasteiger partial charge is 0.359 e. The number of nitrogens with zero attached hydrogens (tertiary/aromatic N) is 2. The molecule has 1 rings (SSSR count). The second-order valence-electron chi connectivity index (χ2n) is 5.09. The molecule has 1 heterocycles. The van der Waals surface area contributed by atoms with Gasteiger partial charge < -0.3 is 10.2 Å². The molecule has 0 bridgehead atoms. The first kappa shape index (κ1) is 13.8. The minimum atomic E-state index is 0.257. The first-order chi connectivity index (χ1) is 7.47. The average molecular weight is 243 g/mol. The van der Waals surface area contributed by atoms with Crippen molar-refractivity contribution in [3.63, 3.8) is 0 Å². The van der Waals surface area contributed by atoms with Crippen LogP contribution in [0.5, 0.6) is 0 Å². The highest BCUT2D eigenvalue weighted by molar-refractivity contribution is 8.14. The highest BCUT2D eigenvalue weighted by Crippen LogP contribution is 2.25. The van der Waals surface area contributed by atoms with E-state index in [1.807, 2.05) is 11.8 Å². The lowest BCUT2D eigenvalue weighted by Crippen LogP contribution is -2.39. The number of hydrogen-bond donors (Lipinski definition) is 1. The van der Waals surface area contributed by atoms with E-state index in [4.69, 9.17) is 0 Å². The molecule has 3 nitrogen and oxygen atoms in total. The van der Waals surface area contributed by atoms with Gasteiger partial charge in [-0.1, -0.05) is 18.7 Å². The van der Waals surface area contributed by atoms with Gasteiger partial charge in [0.05, 0.1) is 6.54 Å². The number of likely N-dealkylation sites (N-methyl/N-ethyl adjacent to an activating group) is 1. The third-order valence-electron chi connectivity index (χ3n) is 3.31. The van der Waals surface area contributed by atoms with Gasteiger partial charge in [0.15, 0.2) is 5.17 Å². The maximum absolute atomic E-state index is 4.62. The second-order valence-corrected chi connectivity index (χ2v) is 6.05. The summed E-state index contributed by atoms with van der Waals surface area (Å²) < 4.78 is 0. The zero-order valence-electron chi connectivity index (χ0n) is 11.2. The van der Waals surface area contributed by atoms with Crippen molar-refractivity contribution < 1.29 is 0 Å². The molecule has 0 aromatic carbocycles. The molecule has 1 aliphatic heterocycles. The van der Waals surface area contributed by atoms with Crippen molar-refractivity contribution in [1.29, 1.82) is 0 Å². The van der Waals surface area contributed by atoms with Crippen LogP contribution in [0.4, 0.5) is 0 Å². The van der Waals surface area contributed by atoms with Crippen LogP contribution in [-0.2, 0) is 0 Å². The number of amidine groups is 1. The van der Waals surface area contributed by atoms with Gasteiger partial charge in [-0.3, -0.25) is 4.99 Å². The number of hydrogen-bond acceptors (Lipinski definition) is 3. The normalized spacial score (nSPS) is 28.1. The van der Waals surface area contributed by atoms with E-state index in [0.29, 0.717) is 6.04 Å². The molecule has 1 N–H and O–H groups in total. The molecule has 0 spiro atoms. The van der Waals surface area contributed by atoms with Gasteiger partial charge in [0.1, 0.15) is 0 Å². The lowest BCUT2D eigenvalue weighted by molar-refractivity contribution is 0.282. The zero-order valence-corrected chi connectivity index (χ0v) is 12.0. The first-order valence-electron chi connectivity index (χ1n) is 6.12. The minimum Gasteiger partial charge on any atom is -0.359 e. The van der Waals surface area contributed by atoms with Crippen LogP contribution >= 0.6 is 11.8 Å². The van der Waals surface area contributed by atoms with Crippen LogP contribution in [0.15, 0.2) is 4.99 Å². The van der Waals surface area contributed by atoms with E-state index in [0.717, 1.165) is 30.4 Å². The Morgan fingerprint density at radius 1 is 1.56 bits per heavy atom. The van der Waals surface area contributed by atoms with Crippen molar-refractivity contribution in [3.8, 4) is 0 Å². The Bertz CT molecular complexity index is 253. The molecule has 16 heavy (non-hydrogen) atoms. The summed E-state index contributed by atoms with van der Waals surface area (Å²) in [6, 6.07) is 0.602. The van der Waals surface area contributed by atoms with Crippen molar-refractivity contribution in [1.82, 2.24) is 10.2 Å². The predicted octanol–water partition coefficient (Wildman–Crippen LogP) is 2.19. The van der Waals surface area contributed by atoms with E-state index in [9.17, 15) is 0 Å². The van der Waals surface area contributed by atoms with Crippen LogP contribution < -0.4 is 5.32 Å². The topological polar surface area (TPSA) is 27.6 Å². The van der Waals surface area contributed by atoms with E-state index in [1.54, 1.807) is 0 Å². The quantitative estimate of drug-likeness (QED) is 0.802. The molecule has 1 unspecified atom stereocenters. The van der Waals surface area contributed by atoms with E-state index < -0.39 is 0 Å². The lowest BCUT2D eigenvalue weighted by atomic mass is 10.0. The van der Waals surface area contributed by atoms with Gasteiger partial charge in [0, 0.05) is 23.9 Å². The fourth-order valence-electron chi connectivity index (χ4n) is 1.40. The average Bonchev–Trinajstić information content (AvgIpc) is 2.61. The van der Waals surface area contributed by atoms with Gasteiger partial charge in [-0.25, -0.2) is 0 Å². The third-order valence-corrected chi connectivity index (χ3v) is 4.59. The Labute approximate surface area is 104 Å². The van der Waals surface area contributed by atoms with Crippen molar-refractivity contribution >= 4 is 16.9 Å². The number of thioether (sulfide) groups is 1. The fraction of sp³-hybridized carbons (Fsp3) is 0.917. The number of rotatable bonds is 5. The summed E-state index contributed by atoms with van der Waals surface area (Å²) in [6.45, 7) is 10.8. The summed E-state index contributed by atoms with van der Waals surface area (Å²) in [7, 11) is 2.15. The van der Waals surface area contributed by atoms with Crippen LogP contribution in [0.3, 0.4) is 0 Å². The molecular formula is C12H25N3S. The van der Waals surface area contributed by atoms with Gasteiger partial charge in [-0.2, -0.15) is 0 Å². The van der Waals surface area contributed by atoms with E-state index in [1.165, 1.54) is 0 Å². The highest BCUT2D eigenvalue weighted by atomic mass is 32.2. The third kappa shape index (κ3) is 3.98. The smallest absolute Gasteiger partial charge is 0.157 e. The Hall–Kier alpha value is -0.220. The van der Waals surface area contributed by atoms with E-state index >= 15 is 0 Å². The fourth-order valence-corrected chi connectivity index (χ4v) is 2.63. The molecule has 1 aliphatic rings. The van der Waals surface area contributed by atoms with Crippen LogP contribution in [0, 0.1) is 0 Å². The maximum Gasteiger partial charge on any atom is 0.157 e. The molecule has 0 aromatic heterocycles. The first-order valence-corrected chi connectivity index (χ1v) is 7.11. The van der Waals surface area contributed by atoms with Crippen molar-refractivity contribution in [3.05, 3.63) is 0 Å². The summed E-state index contributed by atoms with van der Waals surface area (Å²) in [5, 5.41) is 4.64. The molecule has 0 aliphatic carbocycles. The Morgan fingerprint density at radius 2 is 2.25 bits per heavy atom. The van der Waals surface area contributed by atoms with Crippen LogP contribution in [-0.4, -0.2) is 47.5 Å². The SMILES string of the molecule is CCC1(C)CSC(=NCCN(C)C(C)C)N1. The molecule has 0 aromatic rings. The Kier molecular flexibility index (Phi) is 5.12. The van der Waals surface area contributed by atoms with Gasteiger partial charge in [0.25, 0.3) is 0 Å². The van der Waals surface area contributed by atoms with Gasteiger partial charge in [-0.15, -0.1) is 0 Å². The molecular weight excluding hydrogens is 218 g/mol. The summed E-state index contributed by atoms with van der Waals surface area (Å²) in [4.78, 5) is 6.94. The van der Waals surface area contributed by atoms with E-state index in [-0.39, 0.29) is 5.54 Å². The zero-order chi connectivity index (χ0) is 12.2. The molecule has 94 valence electrons. The number of aliphatic imine (C=N–C) groups is 1. The van der Waals surface area contributed by atoms with Crippen molar-refractivity contribution in [2.75, 3.05) is 25.9 Å². The summed E-state index contributed by atoms with van der Waals surface area (Å²) >= 11 is 1.85. The van der Waals surface area contributed by atoms with Crippen LogP contribution in [0.1, 0.15) is 34.1 Å². The van der Waals surface area contributed by atoms with E-state index in [2.05, 4.69) is 50.0 Å². The van der Waals surface area contributed by atoms with Crippen LogP contribution in [0.25, 0.3) is 0 Å². The van der Waals surface area contributed by atoms with Gasteiger partial charge in [0.2, 0.25) is 0 Å². The maximum atomic E-state index is 4.62. The molecule has 0 saturated carbocycles. The highest BCUT2D eigenvalue weighted by Gasteiger charge is 2.30. The molecule has 0 amide bonds. The number of nitrogens with one attached hydrogen (secondary N) is 1. The van der Waals surface area contributed by atoms with Crippen molar-refractivity contribution in [2.45, 2.75) is 45.7 Å². The second kappa shape index (κ2) is 5.92. The van der Waals surface area contributed by atoms with Crippen molar-refractivity contribution in [2.24, 2.45) is 4.99 Å². The summed E-state index contributed by atoms with van der Waals surface area (Å²) in [6.07, 6.45) is 1.16. The van der Waals surface area contributed by atoms with Crippen LogP contribution in [0.2, 0.25) is 0 Å². The lowest BCUT2D eigenvalue weighted by Gasteiger charge is -2.21. The molecule has 4 heteroatoms. The molecule has 0 radical (unpaired) electrons. The Balaban J connectivity index is 2.32. The molecule has 1 saturated heterocycles.